The van der Waals surface area contributed by atoms with E-state index in [0.29, 0.717) is 0 Å². The third-order valence-electron chi connectivity index (χ3n) is 5.71. The molecule has 0 amide bonds. The zero-order chi connectivity index (χ0) is 20.4. The van der Waals surface area contributed by atoms with Gasteiger partial charge in [0.2, 0.25) is 0 Å². The summed E-state index contributed by atoms with van der Waals surface area (Å²) in [6, 6.07) is 24.0. The molecule has 1 N–H and O–H groups in total. The Morgan fingerprint density at radius 1 is 0.759 bits per heavy atom. The van der Waals surface area contributed by atoms with Crippen molar-refractivity contribution in [1.29, 1.82) is 5.41 Å². The van der Waals surface area contributed by atoms with Crippen LogP contribution in [0.2, 0.25) is 0 Å². The number of benzene rings is 3. The maximum Gasteiger partial charge on any atom is 0.0458 e. The molecule has 0 bridgehead atoms. The summed E-state index contributed by atoms with van der Waals surface area (Å²) in [4.78, 5) is 2.20. The molecule has 4 rings (SSSR count). The van der Waals surface area contributed by atoms with Crippen molar-refractivity contribution in [3.8, 4) is 11.1 Å². The van der Waals surface area contributed by atoms with Crippen LogP contribution in [-0.4, -0.2) is 6.21 Å². The molecule has 0 atom stereocenters. The lowest BCUT2D eigenvalue weighted by atomic mass is 9.82. The lowest BCUT2D eigenvalue weighted by molar-refractivity contribution is 0.660. The van der Waals surface area contributed by atoms with Gasteiger partial charge < -0.3 is 10.3 Å². The molecule has 3 aromatic carbocycles. The first-order valence-corrected chi connectivity index (χ1v) is 9.96. The van der Waals surface area contributed by atoms with Crippen LogP contribution in [-0.2, 0) is 5.41 Å². The van der Waals surface area contributed by atoms with Gasteiger partial charge in [-0.15, -0.1) is 0 Å². The molecule has 29 heavy (non-hydrogen) atoms. The van der Waals surface area contributed by atoms with Gasteiger partial charge in [-0.3, -0.25) is 0 Å². The molecule has 0 unspecified atom stereocenters. The summed E-state index contributed by atoms with van der Waals surface area (Å²) < 4.78 is 0. The van der Waals surface area contributed by atoms with E-state index in [4.69, 9.17) is 5.41 Å². The van der Waals surface area contributed by atoms with Crippen molar-refractivity contribution in [1.82, 2.24) is 0 Å². The minimum atomic E-state index is -0.0231. The number of nitrogens with zero attached hydrogens (tertiary/aromatic N) is 1. The SMILES string of the molecule is Cc1ccc(N(/C=C\C=C/C=N)c2ccc3c(c2)C(C)(C)c2ccccc2-3)cc1. The Kier molecular flexibility index (Phi) is 4.94. The minimum absolute atomic E-state index is 0.0231. The van der Waals surface area contributed by atoms with Crippen LogP contribution in [0, 0.1) is 12.3 Å². The largest absolute Gasteiger partial charge is 0.317 e. The van der Waals surface area contributed by atoms with Gasteiger partial charge in [0, 0.05) is 29.2 Å². The Labute approximate surface area is 173 Å². The van der Waals surface area contributed by atoms with Gasteiger partial charge in [0.15, 0.2) is 0 Å². The summed E-state index contributed by atoms with van der Waals surface area (Å²) in [5.74, 6) is 0. The number of hydrogen-bond acceptors (Lipinski definition) is 2. The lowest BCUT2D eigenvalue weighted by Crippen LogP contribution is -2.16. The van der Waals surface area contributed by atoms with Crippen molar-refractivity contribution in [3.63, 3.8) is 0 Å². The number of nitrogens with one attached hydrogen (secondary N) is 1. The van der Waals surface area contributed by atoms with E-state index in [2.05, 4.69) is 98.6 Å². The molecular formula is C27H26N2. The first kappa shape index (κ1) is 18.9. The zero-order valence-electron chi connectivity index (χ0n) is 17.2. The molecule has 0 heterocycles. The fourth-order valence-corrected chi connectivity index (χ4v) is 4.12. The monoisotopic (exact) mass is 378 g/mol. The summed E-state index contributed by atoms with van der Waals surface area (Å²) in [5, 5.41) is 7.17. The molecular weight excluding hydrogens is 352 g/mol. The molecule has 0 aliphatic heterocycles. The number of aryl methyl sites for hydroxylation is 1. The lowest BCUT2D eigenvalue weighted by Gasteiger charge is -2.25. The van der Waals surface area contributed by atoms with Crippen LogP contribution in [0.3, 0.4) is 0 Å². The standard InChI is InChI=1S/C27H26N2/c1-20-11-13-21(14-12-20)29(18-8-4-7-17-28)22-15-16-24-23-9-5-6-10-25(23)27(2,3)26(24)19-22/h4-19,28H,1-3H3/b7-4-,18-8-,28-17?. The summed E-state index contributed by atoms with van der Waals surface area (Å²) >= 11 is 0. The van der Waals surface area contributed by atoms with Gasteiger partial charge in [0.1, 0.15) is 0 Å². The van der Waals surface area contributed by atoms with Crippen LogP contribution in [0.5, 0.6) is 0 Å². The van der Waals surface area contributed by atoms with Crippen molar-refractivity contribution < 1.29 is 0 Å². The molecule has 144 valence electrons. The third kappa shape index (κ3) is 3.42. The normalized spacial score (nSPS) is 14.2. The van der Waals surface area contributed by atoms with Crippen molar-refractivity contribution in [2.24, 2.45) is 0 Å². The van der Waals surface area contributed by atoms with E-state index in [1.165, 1.54) is 34.0 Å². The fourth-order valence-electron chi connectivity index (χ4n) is 4.12. The van der Waals surface area contributed by atoms with Gasteiger partial charge in [-0.05, 0) is 65.6 Å². The first-order valence-electron chi connectivity index (χ1n) is 9.96. The minimum Gasteiger partial charge on any atom is -0.317 e. The molecule has 3 aromatic rings. The predicted molar refractivity (Wildman–Crippen MR) is 124 cm³/mol. The van der Waals surface area contributed by atoms with Gasteiger partial charge in [-0.2, -0.15) is 0 Å². The third-order valence-corrected chi connectivity index (χ3v) is 5.71. The molecule has 1 aliphatic rings. The number of allylic oxidation sites excluding steroid dienone is 3. The summed E-state index contributed by atoms with van der Waals surface area (Å²) in [7, 11) is 0. The Bertz CT molecular complexity index is 1100. The highest BCUT2D eigenvalue weighted by atomic mass is 15.1. The first-order chi connectivity index (χ1) is 14.0. The molecule has 1 aliphatic carbocycles. The van der Waals surface area contributed by atoms with Crippen LogP contribution in [0.25, 0.3) is 11.1 Å². The van der Waals surface area contributed by atoms with Crippen molar-refractivity contribution in [2.45, 2.75) is 26.2 Å². The molecule has 0 saturated carbocycles. The van der Waals surface area contributed by atoms with Crippen molar-refractivity contribution in [3.05, 3.63) is 108 Å². The maximum absolute atomic E-state index is 7.17. The highest BCUT2D eigenvalue weighted by molar-refractivity contribution is 5.83. The Morgan fingerprint density at radius 2 is 1.45 bits per heavy atom. The summed E-state index contributed by atoms with van der Waals surface area (Å²) in [5.41, 5.74) is 8.87. The van der Waals surface area contributed by atoms with Gasteiger partial charge in [-0.25, -0.2) is 0 Å². The second-order valence-corrected chi connectivity index (χ2v) is 8.00. The molecule has 0 saturated heterocycles. The van der Waals surface area contributed by atoms with Crippen LogP contribution in [0.4, 0.5) is 11.4 Å². The summed E-state index contributed by atoms with van der Waals surface area (Å²) in [6.07, 6.45) is 8.91. The number of hydrogen-bond donors (Lipinski definition) is 1. The van der Waals surface area contributed by atoms with Crippen molar-refractivity contribution in [2.75, 3.05) is 4.90 Å². The van der Waals surface area contributed by atoms with Crippen LogP contribution < -0.4 is 4.90 Å². The Morgan fingerprint density at radius 3 is 2.21 bits per heavy atom. The van der Waals surface area contributed by atoms with Gasteiger partial charge >= 0.3 is 0 Å². The maximum atomic E-state index is 7.17. The van der Waals surface area contributed by atoms with Gasteiger partial charge in [0.25, 0.3) is 0 Å². The fraction of sp³-hybridized carbons (Fsp3) is 0.148. The Balaban J connectivity index is 1.81. The summed E-state index contributed by atoms with van der Waals surface area (Å²) in [6.45, 7) is 6.71. The molecule has 0 aromatic heterocycles. The van der Waals surface area contributed by atoms with Gasteiger partial charge in [0.05, 0.1) is 0 Å². The molecule has 0 fully saturated rings. The number of rotatable bonds is 5. The van der Waals surface area contributed by atoms with Crippen LogP contribution in [0.15, 0.2) is 91.2 Å². The average Bonchev–Trinajstić information content (AvgIpc) is 2.96. The van der Waals surface area contributed by atoms with Crippen LogP contribution >= 0.6 is 0 Å². The second-order valence-electron chi connectivity index (χ2n) is 8.00. The molecule has 2 heteroatoms. The van der Waals surface area contributed by atoms with E-state index >= 15 is 0 Å². The van der Waals surface area contributed by atoms with Crippen LogP contribution in [0.1, 0.15) is 30.5 Å². The van der Waals surface area contributed by atoms with Crippen molar-refractivity contribution >= 4 is 17.6 Å². The zero-order valence-corrected chi connectivity index (χ0v) is 17.2. The molecule has 0 spiro atoms. The quantitative estimate of drug-likeness (QED) is 0.370. The smallest absolute Gasteiger partial charge is 0.0458 e. The van der Waals surface area contributed by atoms with E-state index in [1.54, 1.807) is 6.08 Å². The van der Waals surface area contributed by atoms with E-state index in [-0.39, 0.29) is 5.41 Å². The topological polar surface area (TPSA) is 27.1 Å². The second kappa shape index (κ2) is 7.56. The highest BCUT2D eigenvalue weighted by Gasteiger charge is 2.35. The van der Waals surface area contributed by atoms with E-state index in [1.807, 2.05) is 12.2 Å². The van der Waals surface area contributed by atoms with E-state index < -0.39 is 0 Å². The number of anilines is 2. The van der Waals surface area contributed by atoms with E-state index in [9.17, 15) is 0 Å². The molecule has 0 radical (unpaired) electrons. The predicted octanol–water partition coefficient (Wildman–Crippen LogP) is 7.16. The van der Waals surface area contributed by atoms with E-state index in [0.717, 1.165) is 11.4 Å². The van der Waals surface area contributed by atoms with Gasteiger partial charge in [-0.1, -0.05) is 68.0 Å². The number of fused-ring (bicyclic) bond motifs is 3. The Hall–Kier alpha value is -3.39. The molecule has 2 nitrogen and oxygen atoms in total. The highest BCUT2D eigenvalue weighted by Crippen LogP contribution is 2.49. The average molecular weight is 379 g/mol.